The Labute approximate surface area is 229 Å². The zero-order valence-corrected chi connectivity index (χ0v) is 25.1. The van der Waals surface area contributed by atoms with Gasteiger partial charge in [-0.3, -0.25) is 0 Å². The van der Waals surface area contributed by atoms with E-state index in [1.54, 1.807) is 0 Å². The van der Waals surface area contributed by atoms with Gasteiger partial charge in [0.15, 0.2) is 0 Å². The van der Waals surface area contributed by atoms with Crippen LogP contribution in [0.5, 0.6) is 0 Å². The van der Waals surface area contributed by atoms with Crippen molar-refractivity contribution in [3.05, 3.63) is 42.9 Å². The minimum Gasteiger partial charge on any atom is -0.0885 e. The van der Waals surface area contributed by atoms with Crippen LogP contribution in [0.1, 0.15) is 187 Å². The van der Waals surface area contributed by atoms with Crippen LogP contribution in [-0.2, 0) is 0 Å². The van der Waals surface area contributed by atoms with Crippen molar-refractivity contribution in [2.45, 2.75) is 187 Å². The summed E-state index contributed by atoms with van der Waals surface area (Å²) < 4.78 is 0. The Morgan fingerprint density at radius 3 is 0.972 bits per heavy atom. The Morgan fingerprint density at radius 2 is 0.556 bits per heavy atom. The fourth-order valence-corrected chi connectivity index (χ4v) is 4.78. The number of unbranched alkanes of at least 4 members (excludes halogenated alkanes) is 24. The molecule has 0 rings (SSSR count). The molecule has 36 heavy (non-hydrogen) atoms. The summed E-state index contributed by atoms with van der Waals surface area (Å²) >= 11 is 0. The third kappa shape index (κ3) is 33.2. The Morgan fingerprint density at radius 1 is 0.278 bits per heavy atom. The summed E-state index contributed by atoms with van der Waals surface area (Å²) in [4.78, 5) is 0. The van der Waals surface area contributed by atoms with E-state index in [2.05, 4.69) is 56.7 Å². The van der Waals surface area contributed by atoms with E-state index in [9.17, 15) is 0 Å². The van der Waals surface area contributed by atoms with E-state index in [1.807, 2.05) is 0 Å². The third-order valence-electron chi connectivity index (χ3n) is 7.28. The van der Waals surface area contributed by atoms with Gasteiger partial charge in [-0.05, 0) is 64.2 Å². The van der Waals surface area contributed by atoms with Gasteiger partial charge < -0.3 is 0 Å². The Bertz CT molecular complexity index is 455. The summed E-state index contributed by atoms with van der Waals surface area (Å²) in [6.07, 6.45) is 53.9. The van der Waals surface area contributed by atoms with Gasteiger partial charge in [-0.1, -0.05) is 166 Å². The summed E-state index contributed by atoms with van der Waals surface area (Å²) in [5, 5.41) is 0. The van der Waals surface area contributed by atoms with E-state index >= 15 is 0 Å². The van der Waals surface area contributed by atoms with Crippen LogP contribution in [0.4, 0.5) is 0 Å². The summed E-state index contributed by atoms with van der Waals surface area (Å²) in [5.41, 5.74) is 0. The molecule has 0 saturated carbocycles. The lowest BCUT2D eigenvalue weighted by Gasteiger charge is -2.03. The first-order valence-electron chi connectivity index (χ1n) is 16.7. The number of rotatable bonds is 30. The first-order valence-corrected chi connectivity index (χ1v) is 16.7. The lowest BCUT2D eigenvalue weighted by Crippen LogP contribution is -1.84. The molecule has 0 unspecified atom stereocenters. The second kappa shape index (κ2) is 34.2. The first-order chi connectivity index (χ1) is 17.9. The van der Waals surface area contributed by atoms with Crippen molar-refractivity contribution in [3.63, 3.8) is 0 Å². The molecule has 0 aliphatic rings. The SMILES string of the molecule is CCCCCC=CC/C=C/CCCCCCC[CH]CCCCCCCCC=CCCCCCCCC. The summed E-state index contributed by atoms with van der Waals surface area (Å²) in [6, 6.07) is 0. The van der Waals surface area contributed by atoms with Crippen LogP contribution in [-0.4, -0.2) is 0 Å². The molecule has 0 N–H and O–H groups in total. The molecule has 0 saturated heterocycles. The maximum absolute atomic E-state index is 2.56. The standard InChI is InChI=1S/C36H67/c1-3-5-7-9-11-13-15-17-19-21-23-25-27-29-31-33-35-36-34-32-30-28-26-24-22-20-18-16-14-12-10-8-6-4-2/h11,13,17-20,35H,3-10,12,14-16,21-34,36H2,1-2H3/b13-11?,19-17+,20-18?. The molecule has 0 fully saturated rings. The van der Waals surface area contributed by atoms with Crippen molar-refractivity contribution >= 4 is 0 Å². The molecule has 0 heteroatoms. The first kappa shape index (κ1) is 35.2. The van der Waals surface area contributed by atoms with E-state index < -0.39 is 0 Å². The highest BCUT2D eigenvalue weighted by Crippen LogP contribution is 2.14. The number of allylic oxidation sites excluding steroid dienone is 6. The van der Waals surface area contributed by atoms with Gasteiger partial charge in [-0.2, -0.15) is 0 Å². The molecule has 0 amide bonds. The number of hydrogen-bond acceptors (Lipinski definition) is 0. The van der Waals surface area contributed by atoms with Crippen LogP contribution in [0.3, 0.4) is 0 Å². The highest BCUT2D eigenvalue weighted by atomic mass is 14.0. The predicted molar refractivity (Wildman–Crippen MR) is 168 cm³/mol. The third-order valence-corrected chi connectivity index (χ3v) is 7.28. The molecular formula is C36H67. The van der Waals surface area contributed by atoms with Gasteiger partial charge in [0.25, 0.3) is 0 Å². The van der Waals surface area contributed by atoms with Crippen LogP contribution in [0.25, 0.3) is 0 Å². The number of hydrogen-bond donors (Lipinski definition) is 0. The fourth-order valence-electron chi connectivity index (χ4n) is 4.78. The summed E-state index contributed by atoms with van der Waals surface area (Å²) in [5.74, 6) is 0. The van der Waals surface area contributed by atoms with E-state index in [0.29, 0.717) is 0 Å². The van der Waals surface area contributed by atoms with Crippen LogP contribution in [0.2, 0.25) is 0 Å². The van der Waals surface area contributed by atoms with Crippen LogP contribution >= 0.6 is 0 Å². The van der Waals surface area contributed by atoms with E-state index in [0.717, 1.165) is 6.42 Å². The lowest BCUT2D eigenvalue weighted by molar-refractivity contribution is 0.578. The predicted octanol–water partition coefficient (Wildman–Crippen LogP) is 13.4. The van der Waals surface area contributed by atoms with E-state index in [1.165, 1.54) is 167 Å². The van der Waals surface area contributed by atoms with Gasteiger partial charge in [0.05, 0.1) is 0 Å². The Hall–Kier alpha value is -0.780. The highest BCUT2D eigenvalue weighted by molar-refractivity contribution is 4.92. The Balaban J connectivity index is 3.13. The maximum Gasteiger partial charge on any atom is -0.0169 e. The Kier molecular flexibility index (Phi) is 33.5. The summed E-state index contributed by atoms with van der Waals surface area (Å²) in [7, 11) is 0. The van der Waals surface area contributed by atoms with Crippen molar-refractivity contribution in [2.24, 2.45) is 0 Å². The van der Waals surface area contributed by atoms with Crippen molar-refractivity contribution in [3.8, 4) is 0 Å². The molecule has 0 nitrogen and oxygen atoms in total. The minimum absolute atomic E-state index is 1.12. The zero-order valence-electron chi connectivity index (χ0n) is 25.1. The molecular weight excluding hydrogens is 432 g/mol. The normalized spacial score (nSPS) is 12.2. The van der Waals surface area contributed by atoms with Gasteiger partial charge in [-0.15, -0.1) is 0 Å². The van der Waals surface area contributed by atoms with Crippen molar-refractivity contribution in [2.75, 3.05) is 0 Å². The second-order valence-electron chi connectivity index (χ2n) is 11.0. The van der Waals surface area contributed by atoms with Crippen LogP contribution < -0.4 is 0 Å². The molecule has 0 spiro atoms. The van der Waals surface area contributed by atoms with Gasteiger partial charge in [0.2, 0.25) is 0 Å². The van der Waals surface area contributed by atoms with E-state index in [-0.39, 0.29) is 0 Å². The molecule has 0 atom stereocenters. The zero-order chi connectivity index (χ0) is 26.0. The van der Waals surface area contributed by atoms with Gasteiger partial charge >= 0.3 is 0 Å². The second-order valence-corrected chi connectivity index (χ2v) is 11.0. The fraction of sp³-hybridized carbons (Fsp3) is 0.806. The average Bonchev–Trinajstić information content (AvgIpc) is 2.89. The highest BCUT2D eigenvalue weighted by Gasteiger charge is 1.95. The molecule has 1 radical (unpaired) electrons. The minimum atomic E-state index is 1.12. The maximum atomic E-state index is 2.56. The van der Waals surface area contributed by atoms with Crippen molar-refractivity contribution in [1.29, 1.82) is 0 Å². The molecule has 0 aromatic heterocycles. The van der Waals surface area contributed by atoms with Gasteiger partial charge in [0.1, 0.15) is 0 Å². The van der Waals surface area contributed by atoms with Crippen molar-refractivity contribution in [1.82, 2.24) is 0 Å². The van der Waals surface area contributed by atoms with Crippen LogP contribution in [0.15, 0.2) is 36.5 Å². The summed E-state index contributed by atoms with van der Waals surface area (Å²) in [6.45, 7) is 4.56. The molecule has 0 aliphatic heterocycles. The van der Waals surface area contributed by atoms with Gasteiger partial charge in [-0.25, -0.2) is 0 Å². The molecule has 0 aromatic rings. The van der Waals surface area contributed by atoms with E-state index in [4.69, 9.17) is 0 Å². The molecule has 0 aliphatic carbocycles. The molecule has 0 bridgehead atoms. The average molecular weight is 500 g/mol. The topological polar surface area (TPSA) is 0 Å². The lowest BCUT2D eigenvalue weighted by atomic mass is 10.0. The molecule has 0 aromatic carbocycles. The molecule has 0 heterocycles. The van der Waals surface area contributed by atoms with Crippen molar-refractivity contribution < 1.29 is 0 Å². The van der Waals surface area contributed by atoms with Gasteiger partial charge in [0, 0.05) is 0 Å². The monoisotopic (exact) mass is 500 g/mol. The quantitative estimate of drug-likeness (QED) is 0.0680. The molecule has 211 valence electrons. The van der Waals surface area contributed by atoms with Crippen LogP contribution in [0, 0.1) is 6.42 Å². The smallest absolute Gasteiger partial charge is 0.0169 e. The largest absolute Gasteiger partial charge is 0.0885 e.